The molecule has 3 unspecified atom stereocenters. The van der Waals surface area contributed by atoms with Crippen LogP contribution in [0.4, 0.5) is 0 Å². The molecule has 4 nitrogen and oxygen atoms in total. The van der Waals surface area contributed by atoms with Crippen LogP contribution >= 0.6 is 0 Å². The molecule has 1 rings (SSSR count). The summed E-state index contributed by atoms with van der Waals surface area (Å²) >= 11 is 0. The molecule has 1 fully saturated rings. The van der Waals surface area contributed by atoms with Crippen molar-refractivity contribution >= 4 is 5.91 Å². The summed E-state index contributed by atoms with van der Waals surface area (Å²) in [6, 6.07) is -0.540. The smallest absolute Gasteiger partial charge is 0.237 e. The SMILES string of the molecule is CC1CCCC(O)(CNC(=O)C(N)C(C)(C)C)C1. The van der Waals surface area contributed by atoms with Gasteiger partial charge in [0.1, 0.15) is 0 Å². The molecule has 0 radical (unpaired) electrons. The van der Waals surface area contributed by atoms with Gasteiger partial charge < -0.3 is 16.2 Å². The van der Waals surface area contributed by atoms with Crippen molar-refractivity contribution in [2.45, 2.75) is 65.0 Å². The van der Waals surface area contributed by atoms with Crippen molar-refractivity contribution in [2.75, 3.05) is 6.54 Å². The van der Waals surface area contributed by atoms with Gasteiger partial charge in [-0.3, -0.25) is 4.79 Å². The van der Waals surface area contributed by atoms with E-state index in [1.54, 1.807) is 0 Å². The van der Waals surface area contributed by atoms with Crippen LogP contribution in [-0.2, 0) is 4.79 Å². The normalized spacial score (nSPS) is 30.9. The van der Waals surface area contributed by atoms with Crippen LogP contribution < -0.4 is 11.1 Å². The third-order valence-corrected chi connectivity index (χ3v) is 3.87. The van der Waals surface area contributed by atoms with E-state index in [0.717, 1.165) is 25.7 Å². The largest absolute Gasteiger partial charge is 0.388 e. The summed E-state index contributed by atoms with van der Waals surface area (Å²) in [5.41, 5.74) is 4.88. The number of hydrogen-bond acceptors (Lipinski definition) is 3. The Labute approximate surface area is 110 Å². The second kappa shape index (κ2) is 5.57. The lowest BCUT2D eigenvalue weighted by Gasteiger charge is -2.36. The maximum atomic E-state index is 11.9. The summed E-state index contributed by atoms with van der Waals surface area (Å²) < 4.78 is 0. The Bertz CT molecular complexity index is 299. The van der Waals surface area contributed by atoms with E-state index in [1.807, 2.05) is 20.8 Å². The predicted molar refractivity (Wildman–Crippen MR) is 73.0 cm³/mol. The van der Waals surface area contributed by atoms with Crippen LogP contribution in [0.5, 0.6) is 0 Å². The minimum absolute atomic E-state index is 0.172. The average molecular weight is 256 g/mol. The Morgan fingerprint density at radius 2 is 2.17 bits per heavy atom. The van der Waals surface area contributed by atoms with Crippen molar-refractivity contribution in [1.29, 1.82) is 0 Å². The van der Waals surface area contributed by atoms with Gasteiger partial charge in [0.05, 0.1) is 11.6 Å². The maximum absolute atomic E-state index is 11.9. The summed E-state index contributed by atoms with van der Waals surface area (Å²) in [5, 5.41) is 13.2. The summed E-state index contributed by atoms with van der Waals surface area (Å²) in [6.45, 7) is 8.28. The van der Waals surface area contributed by atoms with Gasteiger partial charge in [-0.2, -0.15) is 0 Å². The van der Waals surface area contributed by atoms with Crippen LogP contribution in [-0.4, -0.2) is 29.2 Å². The number of nitrogens with two attached hydrogens (primary N) is 1. The molecule has 0 saturated heterocycles. The fourth-order valence-electron chi connectivity index (χ4n) is 2.55. The fraction of sp³-hybridized carbons (Fsp3) is 0.929. The van der Waals surface area contributed by atoms with E-state index in [9.17, 15) is 9.90 Å². The Kier molecular flexibility index (Phi) is 4.78. The molecule has 0 aromatic carbocycles. The Balaban J connectivity index is 2.47. The highest BCUT2D eigenvalue weighted by Crippen LogP contribution is 2.31. The third-order valence-electron chi connectivity index (χ3n) is 3.87. The van der Waals surface area contributed by atoms with Crippen molar-refractivity contribution < 1.29 is 9.90 Å². The number of carbonyl (C=O) groups is 1. The summed E-state index contributed by atoms with van der Waals surface area (Å²) in [4.78, 5) is 11.9. The lowest BCUT2D eigenvalue weighted by atomic mass is 9.78. The van der Waals surface area contributed by atoms with Crippen molar-refractivity contribution in [3.8, 4) is 0 Å². The Hall–Kier alpha value is -0.610. The lowest BCUT2D eigenvalue weighted by Crippen LogP contribution is -2.53. The van der Waals surface area contributed by atoms with Gasteiger partial charge in [0.15, 0.2) is 0 Å². The summed E-state index contributed by atoms with van der Waals surface area (Å²) in [5.74, 6) is 0.353. The molecular weight excluding hydrogens is 228 g/mol. The molecule has 0 heterocycles. The van der Waals surface area contributed by atoms with E-state index < -0.39 is 11.6 Å². The summed E-state index contributed by atoms with van der Waals surface area (Å²) in [6.07, 6.45) is 3.72. The van der Waals surface area contributed by atoms with Crippen LogP contribution in [0.15, 0.2) is 0 Å². The van der Waals surface area contributed by atoms with Gasteiger partial charge in [0.2, 0.25) is 5.91 Å². The molecular formula is C14H28N2O2. The van der Waals surface area contributed by atoms with Crippen LogP contribution in [0.1, 0.15) is 53.4 Å². The van der Waals surface area contributed by atoms with Crippen LogP contribution in [0, 0.1) is 11.3 Å². The number of aliphatic hydroxyl groups is 1. The molecule has 4 N–H and O–H groups in total. The molecule has 4 heteroatoms. The standard InChI is InChI=1S/C14H28N2O2/c1-10-6-5-7-14(18,8-10)9-16-12(17)11(15)13(2,3)4/h10-11,18H,5-9,15H2,1-4H3,(H,16,17). The van der Waals surface area contributed by atoms with Gasteiger partial charge in [0, 0.05) is 6.54 Å². The molecule has 1 amide bonds. The lowest BCUT2D eigenvalue weighted by molar-refractivity contribution is -0.126. The second-order valence-corrected chi connectivity index (χ2v) is 6.99. The molecule has 0 spiro atoms. The molecule has 1 aliphatic carbocycles. The number of hydrogen-bond donors (Lipinski definition) is 3. The number of nitrogens with one attached hydrogen (secondary N) is 1. The maximum Gasteiger partial charge on any atom is 0.237 e. The first kappa shape index (κ1) is 15.4. The zero-order valence-electron chi connectivity index (χ0n) is 12.1. The van der Waals surface area contributed by atoms with E-state index >= 15 is 0 Å². The number of amides is 1. The molecule has 0 aromatic heterocycles. The first-order chi connectivity index (χ1) is 8.14. The zero-order valence-corrected chi connectivity index (χ0v) is 12.1. The molecule has 0 aromatic rings. The first-order valence-electron chi connectivity index (χ1n) is 6.90. The van der Waals surface area contributed by atoms with Gasteiger partial charge in [-0.05, 0) is 24.2 Å². The highest BCUT2D eigenvalue weighted by atomic mass is 16.3. The van der Waals surface area contributed by atoms with Crippen molar-refractivity contribution in [1.82, 2.24) is 5.32 Å². The number of carbonyl (C=O) groups excluding carboxylic acids is 1. The second-order valence-electron chi connectivity index (χ2n) is 6.99. The van der Waals surface area contributed by atoms with E-state index in [2.05, 4.69) is 12.2 Å². The van der Waals surface area contributed by atoms with Crippen LogP contribution in [0.3, 0.4) is 0 Å². The average Bonchev–Trinajstić information content (AvgIpc) is 2.23. The van der Waals surface area contributed by atoms with Gasteiger partial charge in [-0.25, -0.2) is 0 Å². The zero-order chi connectivity index (χ0) is 14.0. The molecule has 0 bridgehead atoms. The molecule has 1 aliphatic rings. The van der Waals surface area contributed by atoms with Gasteiger partial charge in [-0.15, -0.1) is 0 Å². The minimum atomic E-state index is -0.745. The van der Waals surface area contributed by atoms with E-state index in [1.165, 1.54) is 0 Å². The van der Waals surface area contributed by atoms with Crippen molar-refractivity contribution in [2.24, 2.45) is 17.1 Å². The van der Waals surface area contributed by atoms with E-state index in [-0.39, 0.29) is 11.3 Å². The predicted octanol–water partition coefficient (Wildman–Crippen LogP) is 1.42. The highest BCUT2D eigenvalue weighted by molar-refractivity contribution is 5.82. The van der Waals surface area contributed by atoms with Gasteiger partial charge in [-0.1, -0.05) is 40.5 Å². The highest BCUT2D eigenvalue weighted by Gasteiger charge is 2.34. The molecule has 106 valence electrons. The van der Waals surface area contributed by atoms with Crippen LogP contribution in [0.2, 0.25) is 0 Å². The fourth-order valence-corrected chi connectivity index (χ4v) is 2.55. The van der Waals surface area contributed by atoms with Crippen molar-refractivity contribution in [3.63, 3.8) is 0 Å². The van der Waals surface area contributed by atoms with Gasteiger partial charge >= 0.3 is 0 Å². The van der Waals surface area contributed by atoms with Crippen molar-refractivity contribution in [3.05, 3.63) is 0 Å². The topological polar surface area (TPSA) is 75.3 Å². The first-order valence-corrected chi connectivity index (χ1v) is 6.90. The molecule has 1 saturated carbocycles. The quantitative estimate of drug-likeness (QED) is 0.715. The summed E-state index contributed by atoms with van der Waals surface area (Å²) in [7, 11) is 0. The monoisotopic (exact) mass is 256 g/mol. The van der Waals surface area contributed by atoms with Gasteiger partial charge in [0.25, 0.3) is 0 Å². The molecule has 0 aliphatic heterocycles. The molecule has 18 heavy (non-hydrogen) atoms. The molecule has 3 atom stereocenters. The van der Waals surface area contributed by atoms with Crippen LogP contribution in [0.25, 0.3) is 0 Å². The minimum Gasteiger partial charge on any atom is -0.388 e. The van der Waals surface area contributed by atoms with E-state index in [4.69, 9.17) is 5.73 Å². The Morgan fingerprint density at radius 1 is 1.56 bits per heavy atom. The number of rotatable bonds is 3. The third kappa shape index (κ3) is 4.25. The Morgan fingerprint density at radius 3 is 2.67 bits per heavy atom. The van der Waals surface area contributed by atoms with E-state index in [0.29, 0.717) is 12.5 Å².